The molecule has 3 N–H and O–H groups in total. The smallest absolute Gasteiger partial charge is 0.335 e. The fraction of sp³-hybridized carbons (Fsp3) is 0.235. The van der Waals surface area contributed by atoms with E-state index >= 15 is 0 Å². The summed E-state index contributed by atoms with van der Waals surface area (Å²) < 4.78 is 5.91. The number of benzene rings is 4. The zero-order valence-electron chi connectivity index (χ0n) is 23.2. The molecule has 0 spiro atoms. The minimum absolute atomic E-state index is 0.147. The molecule has 0 unspecified atom stereocenters. The molecule has 0 aromatic heterocycles. The summed E-state index contributed by atoms with van der Waals surface area (Å²) >= 11 is 0. The Morgan fingerprint density at radius 3 is 2.00 bits per heavy atom. The van der Waals surface area contributed by atoms with Gasteiger partial charge in [-0.1, -0.05) is 92.7 Å². The number of rotatable bonds is 13. The molecule has 6 heteroatoms. The van der Waals surface area contributed by atoms with Crippen LogP contribution < -0.4 is 10.5 Å². The van der Waals surface area contributed by atoms with Gasteiger partial charge in [-0.05, 0) is 53.4 Å². The van der Waals surface area contributed by atoms with E-state index in [0.29, 0.717) is 24.5 Å². The summed E-state index contributed by atoms with van der Waals surface area (Å²) in [6.45, 7) is 6.56. The number of ether oxygens (including phenoxy) is 1. The SMILES string of the molecule is CC.NC(=O)c1cccc(OCCCN(Cc2cccc(C(=O)O)c2)CC(c2ccccc2)c2ccccc2)c1. The summed E-state index contributed by atoms with van der Waals surface area (Å²) in [7, 11) is 0. The van der Waals surface area contributed by atoms with Crippen LogP contribution in [-0.4, -0.2) is 41.6 Å². The average molecular weight is 539 g/mol. The Morgan fingerprint density at radius 1 is 0.800 bits per heavy atom. The molecule has 4 rings (SSSR count). The molecule has 0 aliphatic rings. The summed E-state index contributed by atoms with van der Waals surface area (Å²) in [5, 5.41) is 9.46. The number of primary amides is 1. The van der Waals surface area contributed by atoms with Crippen molar-refractivity contribution < 1.29 is 19.4 Å². The quantitative estimate of drug-likeness (QED) is 0.187. The molecule has 208 valence electrons. The molecule has 0 aliphatic carbocycles. The Morgan fingerprint density at radius 2 is 1.40 bits per heavy atom. The van der Waals surface area contributed by atoms with E-state index in [9.17, 15) is 14.7 Å². The van der Waals surface area contributed by atoms with Crippen LogP contribution in [0.5, 0.6) is 5.75 Å². The number of aromatic carboxylic acids is 1. The first-order valence-electron chi connectivity index (χ1n) is 13.7. The monoisotopic (exact) mass is 538 g/mol. The van der Waals surface area contributed by atoms with Gasteiger partial charge in [0, 0.05) is 31.1 Å². The lowest BCUT2D eigenvalue weighted by Gasteiger charge is -2.28. The standard InChI is InChI=1S/C32H32N2O4.C2H6/c33-31(35)27-15-8-17-29(21-27)38-19-9-18-34(22-24-10-7-16-28(20-24)32(36)37)23-30(25-11-3-1-4-12-25)26-13-5-2-6-14-26;1-2/h1-8,10-17,20-21,30H,9,18-19,22-23H2,(H2,33,35)(H,36,37);1-2H3. The fourth-order valence-corrected chi connectivity index (χ4v) is 4.55. The number of carboxylic acid groups (broad SMARTS) is 1. The molecule has 0 aliphatic heterocycles. The van der Waals surface area contributed by atoms with Crippen molar-refractivity contribution in [3.05, 3.63) is 137 Å². The number of nitrogens with two attached hydrogens (primary N) is 1. The van der Waals surface area contributed by atoms with Crippen LogP contribution in [0, 0.1) is 0 Å². The van der Waals surface area contributed by atoms with Gasteiger partial charge < -0.3 is 15.6 Å². The Balaban J connectivity index is 0.00000216. The van der Waals surface area contributed by atoms with Gasteiger partial charge in [0.15, 0.2) is 0 Å². The van der Waals surface area contributed by atoms with Crippen LogP contribution in [0.3, 0.4) is 0 Å². The second-order valence-electron chi connectivity index (χ2n) is 9.21. The molecule has 4 aromatic carbocycles. The van der Waals surface area contributed by atoms with Crippen molar-refractivity contribution >= 4 is 11.9 Å². The molecule has 0 fully saturated rings. The molecule has 1 amide bonds. The van der Waals surface area contributed by atoms with Gasteiger partial charge in [-0.25, -0.2) is 4.79 Å². The highest BCUT2D eigenvalue weighted by molar-refractivity contribution is 5.93. The molecule has 4 aromatic rings. The van der Waals surface area contributed by atoms with Gasteiger partial charge in [0.25, 0.3) is 0 Å². The number of carboxylic acids is 1. The summed E-state index contributed by atoms with van der Waals surface area (Å²) in [6, 6.07) is 34.8. The summed E-state index contributed by atoms with van der Waals surface area (Å²) in [5.74, 6) is -0.670. The van der Waals surface area contributed by atoms with Crippen LogP contribution in [0.25, 0.3) is 0 Å². The van der Waals surface area contributed by atoms with Crippen LogP contribution in [-0.2, 0) is 6.54 Å². The van der Waals surface area contributed by atoms with Crippen molar-refractivity contribution in [2.45, 2.75) is 32.7 Å². The van der Waals surface area contributed by atoms with Gasteiger partial charge in [-0.2, -0.15) is 0 Å². The van der Waals surface area contributed by atoms with Gasteiger partial charge in [-0.15, -0.1) is 0 Å². The minimum atomic E-state index is -0.934. The number of carbonyl (C=O) groups excluding carboxylic acids is 1. The van der Waals surface area contributed by atoms with Crippen LogP contribution in [0.2, 0.25) is 0 Å². The first-order chi connectivity index (χ1) is 19.5. The highest BCUT2D eigenvalue weighted by atomic mass is 16.5. The van der Waals surface area contributed by atoms with Gasteiger partial charge >= 0.3 is 5.97 Å². The molecule has 40 heavy (non-hydrogen) atoms. The Labute approximate surface area is 237 Å². The lowest BCUT2D eigenvalue weighted by molar-refractivity contribution is 0.0696. The number of nitrogens with zero attached hydrogens (tertiary/aromatic N) is 1. The molecule has 0 saturated heterocycles. The highest BCUT2D eigenvalue weighted by Crippen LogP contribution is 2.26. The Bertz CT molecular complexity index is 1300. The molecular formula is C34H38N2O4. The van der Waals surface area contributed by atoms with Crippen LogP contribution in [0.15, 0.2) is 109 Å². The normalized spacial score (nSPS) is 10.6. The largest absolute Gasteiger partial charge is 0.494 e. The maximum Gasteiger partial charge on any atom is 0.335 e. The highest BCUT2D eigenvalue weighted by Gasteiger charge is 2.19. The van der Waals surface area contributed by atoms with Crippen molar-refractivity contribution in [3.8, 4) is 5.75 Å². The van der Waals surface area contributed by atoms with E-state index in [1.807, 2.05) is 38.1 Å². The van der Waals surface area contributed by atoms with Gasteiger partial charge in [0.1, 0.15) is 5.75 Å². The van der Waals surface area contributed by atoms with Crippen LogP contribution in [0.1, 0.15) is 63.6 Å². The lowest BCUT2D eigenvalue weighted by atomic mass is 9.90. The van der Waals surface area contributed by atoms with Crippen LogP contribution in [0.4, 0.5) is 0 Å². The van der Waals surface area contributed by atoms with E-state index in [4.69, 9.17) is 10.5 Å². The molecule has 6 nitrogen and oxygen atoms in total. The number of hydrogen-bond acceptors (Lipinski definition) is 4. The van der Waals surface area contributed by atoms with Crippen molar-refractivity contribution in [2.24, 2.45) is 5.73 Å². The van der Waals surface area contributed by atoms with E-state index in [1.54, 1.807) is 36.4 Å². The number of amides is 1. The van der Waals surface area contributed by atoms with Crippen molar-refractivity contribution in [2.75, 3.05) is 19.7 Å². The third-order valence-electron chi connectivity index (χ3n) is 6.43. The van der Waals surface area contributed by atoms with Gasteiger partial charge in [0.05, 0.1) is 12.2 Å². The molecule has 0 radical (unpaired) electrons. The second-order valence-corrected chi connectivity index (χ2v) is 9.21. The first-order valence-corrected chi connectivity index (χ1v) is 13.7. The number of hydrogen-bond donors (Lipinski definition) is 2. The summed E-state index contributed by atoms with van der Waals surface area (Å²) in [5.41, 5.74) is 9.47. The van der Waals surface area contributed by atoms with Crippen molar-refractivity contribution in [1.29, 1.82) is 0 Å². The second kappa shape index (κ2) is 15.9. The van der Waals surface area contributed by atoms with Crippen molar-refractivity contribution in [1.82, 2.24) is 4.90 Å². The van der Waals surface area contributed by atoms with E-state index in [1.165, 1.54) is 11.1 Å². The summed E-state index contributed by atoms with van der Waals surface area (Å²) in [4.78, 5) is 25.4. The van der Waals surface area contributed by atoms with Crippen molar-refractivity contribution in [3.63, 3.8) is 0 Å². The van der Waals surface area contributed by atoms with E-state index in [-0.39, 0.29) is 11.5 Å². The average Bonchev–Trinajstić information content (AvgIpc) is 3.00. The fourth-order valence-electron chi connectivity index (χ4n) is 4.55. The maximum atomic E-state index is 11.5. The predicted octanol–water partition coefficient (Wildman–Crippen LogP) is 6.61. The summed E-state index contributed by atoms with van der Waals surface area (Å²) in [6.07, 6.45) is 0.746. The van der Waals surface area contributed by atoms with E-state index < -0.39 is 11.9 Å². The molecule has 0 atom stereocenters. The lowest BCUT2D eigenvalue weighted by Crippen LogP contribution is -2.31. The number of carbonyl (C=O) groups is 2. The third-order valence-corrected chi connectivity index (χ3v) is 6.43. The Kier molecular flexibility index (Phi) is 11.9. The van der Waals surface area contributed by atoms with E-state index in [2.05, 4.69) is 53.4 Å². The predicted molar refractivity (Wildman–Crippen MR) is 160 cm³/mol. The topological polar surface area (TPSA) is 92.9 Å². The Hall–Kier alpha value is -4.42. The molecule has 0 heterocycles. The molecule has 0 bridgehead atoms. The molecule has 0 saturated carbocycles. The van der Waals surface area contributed by atoms with Gasteiger partial charge in [-0.3, -0.25) is 9.69 Å². The zero-order valence-corrected chi connectivity index (χ0v) is 23.2. The first kappa shape index (κ1) is 30.1. The minimum Gasteiger partial charge on any atom is -0.494 e. The third kappa shape index (κ3) is 9.10. The van der Waals surface area contributed by atoms with E-state index in [0.717, 1.165) is 25.1 Å². The molecular weight excluding hydrogens is 500 g/mol. The maximum absolute atomic E-state index is 11.5. The zero-order chi connectivity index (χ0) is 28.7. The van der Waals surface area contributed by atoms with Gasteiger partial charge in [0.2, 0.25) is 5.91 Å². The van der Waals surface area contributed by atoms with Crippen LogP contribution >= 0.6 is 0 Å².